The summed E-state index contributed by atoms with van der Waals surface area (Å²) in [5.74, 6) is 1.85. The minimum atomic E-state index is 0.880. The van der Waals surface area contributed by atoms with Crippen LogP contribution < -0.4 is 5.32 Å². The highest BCUT2D eigenvalue weighted by Gasteiger charge is 2.22. The Labute approximate surface area is 96.0 Å². The zero-order chi connectivity index (χ0) is 11.1. The van der Waals surface area contributed by atoms with E-state index < -0.39 is 0 Å². The Morgan fingerprint density at radius 1 is 1.13 bits per heavy atom. The van der Waals surface area contributed by atoms with Gasteiger partial charge in [0.25, 0.3) is 0 Å². The molecule has 0 bridgehead atoms. The first-order valence-corrected chi connectivity index (χ1v) is 6.99. The van der Waals surface area contributed by atoms with Crippen LogP contribution in [-0.2, 0) is 0 Å². The standard InChI is InChI=1S/C14H29N/c1-4-6-12(3)10-13(7-5-2)11-15-14-8-9-14/h12-15H,4-11H2,1-3H3. The van der Waals surface area contributed by atoms with Crippen LogP contribution in [0.25, 0.3) is 0 Å². The van der Waals surface area contributed by atoms with Crippen molar-refractivity contribution in [3.8, 4) is 0 Å². The number of nitrogens with one attached hydrogen (secondary N) is 1. The smallest absolute Gasteiger partial charge is 0.00683 e. The van der Waals surface area contributed by atoms with Crippen LogP contribution in [-0.4, -0.2) is 12.6 Å². The van der Waals surface area contributed by atoms with Gasteiger partial charge in [-0.1, -0.05) is 40.0 Å². The predicted molar refractivity (Wildman–Crippen MR) is 68.1 cm³/mol. The molecule has 2 unspecified atom stereocenters. The van der Waals surface area contributed by atoms with Gasteiger partial charge in [0, 0.05) is 6.04 Å². The monoisotopic (exact) mass is 211 g/mol. The van der Waals surface area contributed by atoms with Gasteiger partial charge in [-0.3, -0.25) is 0 Å². The van der Waals surface area contributed by atoms with E-state index in [0.29, 0.717) is 0 Å². The summed E-state index contributed by atoms with van der Waals surface area (Å²) < 4.78 is 0. The highest BCUT2D eigenvalue weighted by Crippen LogP contribution is 2.23. The summed E-state index contributed by atoms with van der Waals surface area (Å²) in [7, 11) is 0. The molecule has 0 amide bonds. The first-order chi connectivity index (χ1) is 7.26. The average molecular weight is 211 g/mol. The molecule has 0 aromatic rings. The molecule has 1 N–H and O–H groups in total. The van der Waals surface area contributed by atoms with Gasteiger partial charge in [-0.15, -0.1) is 0 Å². The third-order valence-corrected chi connectivity index (χ3v) is 3.49. The Hall–Kier alpha value is -0.0400. The average Bonchev–Trinajstić information content (AvgIpc) is 2.98. The molecule has 0 aliphatic heterocycles. The molecule has 0 heterocycles. The molecule has 0 radical (unpaired) electrons. The van der Waals surface area contributed by atoms with E-state index in [4.69, 9.17) is 0 Å². The zero-order valence-electron chi connectivity index (χ0n) is 10.9. The molecule has 15 heavy (non-hydrogen) atoms. The van der Waals surface area contributed by atoms with Crippen LogP contribution in [0.1, 0.15) is 65.7 Å². The molecule has 1 fully saturated rings. The van der Waals surface area contributed by atoms with Gasteiger partial charge in [0.1, 0.15) is 0 Å². The van der Waals surface area contributed by atoms with Crippen LogP contribution in [0.2, 0.25) is 0 Å². The van der Waals surface area contributed by atoms with Crippen LogP contribution in [0.3, 0.4) is 0 Å². The van der Waals surface area contributed by atoms with E-state index in [0.717, 1.165) is 17.9 Å². The quantitative estimate of drug-likeness (QED) is 0.608. The largest absolute Gasteiger partial charge is 0.314 e. The molecule has 1 aliphatic rings. The van der Waals surface area contributed by atoms with Crippen molar-refractivity contribution in [2.24, 2.45) is 11.8 Å². The number of rotatable bonds is 9. The molecule has 0 aromatic carbocycles. The number of hydrogen-bond acceptors (Lipinski definition) is 1. The Kier molecular flexibility index (Phi) is 6.31. The number of hydrogen-bond donors (Lipinski definition) is 1. The molecular weight excluding hydrogens is 182 g/mol. The fourth-order valence-corrected chi connectivity index (χ4v) is 2.51. The van der Waals surface area contributed by atoms with Gasteiger partial charge in [-0.2, -0.15) is 0 Å². The van der Waals surface area contributed by atoms with Crippen molar-refractivity contribution < 1.29 is 0 Å². The maximum atomic E-state index is 3.69. The summed E-state index contributed by atoms with van der Waals surface area (Å²) >= 11 is 0. The minimum Gasteiger partial charge on any atom is -0.314 e. The van der Waals surface area contributed by atoms with E-state index in [-0.39, 0.29) is 0 Å². The molecule has 2 atom stereocenters. The van der Waals surface area contributed by atoms with Crippen molar-refractivity contribution in [3.05, 3.63) is 0 Å². The summed E-state index contributed by atoms with van der Waals surface area (Å²) in [5, 5.41) is 3.69. The van der Waals surface area contributed by atoms with Crippen LogP contribution in [0.15, 0.2) is 0 Å². The molecule has 1 rings (SSSR count). The predicted octanol–water partition coefficient (Wildman–Crippen LogP) is 3.98. The van der Waals surface area contributed by atoms with Gasteiger partial charge < -0.3 is 5.32 Å². The Balaban J connectivity index is 2.14. The summed E-state index contributed by atoms with van der Waals surface area (Å²) in [4.78, 5) is 0. The van der Waals surface area contributed by atoms with Crippen LogP contribution in [0, 0.1) is 11.8 Å². The first kappa shape index (κ1) is 13.0. The summed E-state index contributed by atoms with van der Waals surface area (Å²) in [6, 6.07) is 0.880. The fraction of sp³-hybridized carbons (Fsp3) is 1.00. The third-order valence-electron chi connectivity index (χ3n) is 3.49. The van der Waals surface area contributed by atoms with Gasteiger partial charge >= 0.3 is 0 Å². The highest BCUT2D eigenvalue weighted by molar-refractivity contribution is 4.82. The van der Waals surface area contributed by atoms with Crippen molar-refractivity contribution in [1.82, 2.24) is 5.32 Å². The molecule has 1 heteroatoms. The maximum Gasteiger partial charge on any atom is 0.00683 e. The van der Waals surface area contributed by atoms with E-state index in [1.165, 1.54) is 51.5 Å². The van der Waals surface area contributed by atoms with Crippen molar-refractivity contribution in [2.75, 3.05) is 6.54 Å². The van der Waals surface area contributed by atoms with Crippen molar-refractivity contribution in [3.63, 3.8) is 0 Å². The van der Waals surface area contributed by atoms with Gasteiger partial charge in [0.15, 0.2) is 0 Å². The van der Waals surface area contributed by atoms with Crippen molar-refractivity contribution in [1.29, 1.82) is 0 Å². The van der Waals surface area contributed by atoms with Crippen LogP contribution in [0.4, 0.5) is 0 Å². The highest BCUT2D eigenvalue weighted by atomic mass is 14.9. The fourth-order valence-electron chi connectivity index (χ4n) is 2.51. The van der Waals surface area contributed by atoms with Crippen molar-refractivity contribution >= 4 is 0 Å². The van der Waals surface area contributed by atoms with Gasteiger partial charge in [0.05, 0.1) is 0 Å². The van der Waals surface area contributed by atoms with E-state index >= 15 is 0 Å². The van der Waals surface area contributed by atoms with Gasteiger partial charge in [-0.25, -0.2) is 0 Å². The minimum absolute atomic E-state index is 0.880. The Morgan fingerprint density at radius 3 is 2.33 bits per heavy atom. The SMILES string of the molecule is CCCC(C)CC(CCC)CNC1CC1. The molecular formula is C14H29N. The van der Waals surface area contributed by atoms with Gasteiger partial charge in [-0.05, 0) is 44.1 Å². The maximum absolute atomic E-state index is 3.69. The lowest BCUT2D eigenvalue weighted by molar-refractivity contribution is 0.336. The molecule has 1 nitrogen and oxygen atoms in total. The van der Waals surface area contributed by atoms with E-state index in [2.05, 4.69) is 26.1 Å². The molecule has 0 saturated heterocycles. The summed E-state index contributed by atoms with van der Waals surface area (Å²) in [6.45, 7) is 8.30. The summed E-state index contributed by atoms with van der Waals surface area (Å²) in [5.41, 5.74) is 0. The molecule has 1 saturated carbocycles. The topological polar surface area (TPSA) is 12.0 Å². The van der Waals surface area contributed by atoms with Gasteiger partial charge in [0.2, 0.25) is 0 Å². The lowest BCUT2D eigenvalue weighted by Crippen LogP contribution is -2.26. The lowest BCUT2D eigenvalue weighted by atomic mass is 9.89. The zero-order valence-corrected chi connectivity index (χ0v) is 10.9. The van der Waals surface area contributed by atoms with E-state index in [1.807, 2.05) is 0 Å². The van der Waals surface area contributed by atoms with Crippen LogP contribution in [0.5, 0.6) is 0 Å². The van der Waals surface area contributed by atoms with E-state index in [1.54, 1.807) is 0 Å². The molecule has 90 valence electrons. The Bertz CT molecular complexity index is 151. The molecule has 1 aliphatic carbocycles. The summed E-state index contributed by atoms with van der Waals surface area (Å²) in [6.07, 6.45) is 9.78. The normalized spacial score (nSPS) is 20.2. The van der Waals surface area contributed by atoms with Crippen molar-refractivity contribution in [2.45, 2.75) is 71.8 Å². The molecule has 0 aromatic heterocycles. The second-order valence-electron chi connectivity index (χ2n) is 5.47. The third kappa shape index (κ3) is 6.19. The molecule has 0 spiro atoms. The second kappa shape index (κ2) is 7.27. The Morgan fingerprint density at radius 2 is 1.80 bits per heavy atom. The van der Waals surface area contributed by atoms with E-state index in [9.17, 15) is 0 Å². The first-order valence-electron chi connectivity index (χ1n) is 6.99. The van der Waals surface area contributed by atoms with Crippen LogP contribution >= 0.6 is 0 Å². The lowest BCUT2D eigenvalue weighted by Gasteiger charge is -2.20. The second-order valence-corrected chi connectivity index (χ2v) is 5.47.